The molecular weight excluding hydrogens is 368 g/mol. The number of nitrogens with one attached hydrogen (secondary N) is 2. The number of carbonyl (C=O) groups excluding carboxylic acids is 2. The molecule has 29 heavy (non-hydrogen) atoms. The van der Waals surface area contributed by atoms with Gasteiger partial charge in [0, 0.05) is 50.1 Å². The number of carbonyl (C=O) groups is 2. The first-order valence-electron chi connectivity index (χ1n) is 10.5. The Morgan fingerprint density at radius 1 is 1.10 bits per heavy atom. The number of likely N-dealkylation sites (tertiary alicyclic amines) is 2. The molecule has 2 aliphatic rings. The van der Waals surface area contributed by atoms with Crippen molar-refractivity contribution < 1.29 is 9.59 Å². The van der Waals surface area contributed by atoms with Crippen LogP contribution in [0.15, 0.2) is 30.6 Å². The Kier molecular flexibility index (Phi) is 6.19. The summed E-state index contributed by atoms with van der Waals surface area (Å²) in [6, 6.07) is 5.51. The fourth-order valence-electron chi connectivity index (χ4n) is 4.11. The van der Waals surface area contributed by atoms with Crippen LogP contribution in [0.25, 0.3) is 11.3 Å². The average Bonchev–Trinajstić information content (AvgIpc) is 3.46. The summed E-state index contributed by atoms with van der Waals surface area (Å²) in [5, 5.41) is 10.2. The Hall–Kier alpha value is -2.74. The van der Waals surface area contributed by atoms with Gasteiger partial charge < -0.3 is 15.1 Å². The lowest BCUT2D eigenvalue weighted by Gasteiger charge is -2.31. The Morgan fingerprint density at radius 2 is 1.83 bits per heavy atom. The molecule has 8 nitrogen and oxygen atoms in total. The first-order valence-corrected chi connectivity index (χ1v) is 10.5. The SMILES string of the molecule is O=C(NCCN1CCCC1)C1CCN(C(=O)c2cc(-c3ccncc3)[nH]n2)CC1. The van der Waals surface area contributed by atoms with Gasteiger partial charge in [0.25, 0.3) is 5.91 Å². The number of nitrogens with zero attached hydrogens (tertiary/aromatic N) is 4. The monoisotopic (exact) mass is 396 g/mol. The largest absolute Gasteiger partial charge is 0.355 e. The lowest BCUT2D eigenvalue weighted by Crippen LogP contribution is -2.44. The molecule has 2 aromatic rings. The first kappa shape index (κ1) is 19.6. The number of hydrogen-bond donors (Lipinski definition) is 2. The van der Waals surface area contributed by atoms with Crippen molar-refractivity contribution in [2.45, 2.75) is 25.7 Å². The van der Waals surface area contributed by atoms with Crippen LogP contribution < -0.4 is 5.32 Å². The fraction of sp³-hybridized carbons (Fsp3) is 0.524. The summed E-state index contributed by atoms with van der Waals surface area (Å²) in [4.78, 5) is 33.4. The summed E-state index contributed by atoms with van der Waals surface area (Å²) in [5.41, 5.74) is 2.14. The number of aromatic nitrogens is 3. The quantitative estimate of drug-likeness (QED) is 0.772. The van der Waals surface area contributed by atoms with Gasteiger partial charge in [0.05, 0.1) is 5.69 Å². The van der Waals surface area contributed by atoms with Crippen molar-refractivity contribution >= 4 is 11.8 Å². The zero-order chi connectivity index (χ0) is 20.1. The molecule has 2 N–H and O–H groups in total. The Morgan fingerprint density at radius 3 is 2.55 bits per heavy atom. The van der Waals surface area contributed by atoms with Gasteiger partial charge in [-0.15, -0.1) is 0 Å². The van der Waals surface area contributed by atoms with Crippen molar-refractivity contribution in [2.75, 3.05) is 39.3 Å². The van der Waals surface area contributed by atoms with Crippen molar-refractivity contribution in [1.82, 2.24) is 30.3 Å². The minimum atomic E-state index is -0.0885. The van der Waals surface area contributed by atoms with Crippen LogP contribution in [0.5, 0.6) is 0 Å². The molecule has 0 unspecified atom stereocenters. The Labute approximate surface area is 170 Å². The van der Waals surface area contributed by atoms with Crippen LogP contribution in [0, 0.1) is 5.92 Å². The summed E-state index contributed by atoms with van der Waals surface area (Å²) in [7, 11) is 0. The molecule has 0 bridgehead atoms. The minimum Gasteiger partial charge on any atom is -0.355 e. The summed E-state index contributed by atoms with van der Waals surface area (Å²) in [5.74, 6) is 0.0229. The standard InChI is InChI=1S/C21H28N6O2/c28-20(23-9-14-26-10-1-2-11-26)17-5-12-27(13-6-17)21(29)19-15-18(24-25-19)16-3-7-22-8-4-16/h3-4,7-8,15,17H,1-2,5-6,9-14H2,(H,23,28)(H,24,25). The molecule has 8 heteroatoms. The van der Waals surface area contributed by atoms with Gasteiger partial charge in [-0.3, -0.25) is 19.7 Å². The highest BCUT2D eigenvalue weighted by Crippen LogP contribution is 2.21. The highest BCUT2D eigenvalue weighted by atomic mass is 16.2. The second-order valence-electron chi connectivity index (χ2n) is 7.81. The second kappa shape index (κ2) is 9.17. The number of pyridine rings is 1. The van der Waals surface area contributed by atoms with E-state index in [1.807, 2.05) is 12.1 Å². The van der Waals surface area contributed by atoms with Gasteiger partial charge in [-0.1, -0.05) is 0 Å². The molecule has 2 fully saturated rings. The third kappa shape index (κ3) is 4.82. The highest BCUT2D eigenvalue weighted by molar-refractivity contribution is 5.93. The molecular formula is C21H28N6O2. The smallest absolute Gasteiger partial charge is 0.274 e. The van der Waals surface area contributed by atoms with Gasteiger partial charge in [-0.2, -0.15) is 5.10 Å². The Balaban J connectivity index is 1.24. The predicted octanol–water partition coefficient (Wildman–Crippen LogP) is 1.54. The molecule has 4 heterocycles. The van der Waals surface area contributed by atoms with Gasteiger partial charge in [0.1, 0.15) is 0 Å². The lowest BCUT2D eigenvalue weighted by atomic mass is 9.95. The molecule has 0 saturated carbocycles. The molecule has 154 valence electrons. The van der Waals surface area contributed by atoms with E-state index in [9.17, 15) is 9.59 Å². The average molecular weight is 396 g/mol. The number of aromatic amines is 1. The topological polar surface area (TPSA) is 94.2 Å². The molecule has 2 amide bonds. The number of amides is 2. The van der Waals surface area contributed by atoms with E-state index in [-0.39, 0.29) is 17.7 Å². The van der Waals surface area contributed by atoms with E-state index < -0.39 is 0 Å². The van der Waals surface area contributed by atoms with Crippen LogP contribution in [-0.4, -0.2) is 76.1 Å². The van der Waals surface area contributed by atoms with Crippen LogP contribution in [0.2, 0.25) is 0 Å². The molecule has 0 spiro atoms. The van der Waals surface area contributed by atoms with E-state index in [1.54, 1.807) is 23.4 Å². The van der Waals surface area contributed by atoms with Crippen LogP contribution >= 0.6 is 0 Å². The molecule has 4 rings (SSSR count). The molecule has 0 aromatic carbocycles. The molecule has 0 aliphatic carbocycles. The van der Waals surface area contributed by atoms with E-state index in [2.05, 4.69) is 25.4 Å². The maximum atomic E-state index is 12.8. The summed E-state index contributed by atoms with van der Waals surface area (Å²) >= 11 is 0. The molecule has 2 aromatic heterocycles. The van der Waals surface area contributed by atoms with Crippen molar-refractivity contribution in [3.8, 4) is 11.3 Å². The summed E-state index contributed by atoms with van der Waals surface area (Å²) in [6.45, 7) is 5.10. The molecule has 2 saturated heterocycles. The minimum absolute atomic E-state index is 0.0100. The Bertz CT molecular complexity index is 823. The van der Waals surface area contributed by atoms with Gasteiger partial charge in [0.15, 0.2) is 5.69 Å². The molecule has 0 radical (unpaired) electrons. The summed E-state index contributed by atoms with van der Waals surface area (Å²) < 4.78 is 0. The van der Waals surface area contributed by atoms with Gasteiger partial charge in [-0.25, -0.2) is 0 Å². The summed E-state index contributed by atoms with van der Waals surface area (Å²) in [6.07, 6.45) is 7.34. The normalized spacial score (nSPS) is 18.1. The van der Waals surface area contributed by atoms with E-state index in [4.69, 9.17) is 0 Å². The first-order chi connectivity index (χ1) is 14.2. The maximum Gasteiger partial charge on any atom is 0.274 e. The van der Waals surface area contributed by atoms with Gasteiger partial charge in [0.2, 0.25) is 5.91 Å². The maximum absolute atomic E-state index is 12.8. The number of piperidine rings is 1. The van der Waals surface area contributed by atoms with Crippen molar-refractivity contribution in [1.29, 1.82) is 0 Å². The van der Waals surface area contributed by atoms with Crippen LogP contribution in [0.4, 0.5) is 0 Å². The lowest BCUT2D eigenvalue weighted by molar-refractivity contribution is -0.126. The predicted molar refractivity (Wildman–Crippen MR) is 109 cm³/mol. The number of H-pyrrole nitrogens is 1. The van der Waals surface area contributed by atoms with E-state index >= 15 is 0 Å². The third-order valence-corrected chi connectivity index (χ3v) is 5.87. The van der Waals surface area contributed by atoms with E-state index in [1.165, 1.54) is 12.8 Å². The fourth-order valence-corrected chi connectivity index (χ4v) is 4.11. The third-order valence-electron chi connectivity index (χ3n) is 5.87. The van der Waals surface area contributed by atoms with Gasteiger partial charge in [-0.05, 0) is 57.0 Å². The van der Waals surface area contributed by atoms with Crippen LogP contribution in [0.1, 0.15) is 36.2 Å². The number of rotatable bonds is 6. The highest BCUT2D eigenvalue weighted by Gasteiger charge is 2.28. The van der Waals surface area contributed by atoms with Gasteiger partial charge >= 0.3 is 0 Å². The zero-order valence-corrected chi connectivity index (χ0v) is 16.6. The van der Waals surface area contributed by atoms with Crippen molar-refractivity contribution in [2.24, 2.45) is 5.92 Å². The number of hydrogen-bond acceptors (Lipinski definition) is 5. The van der Waals surface area contributed by atoms with E-state index in [0.29, 0.717) is 38.2 Å². The second-order valence-corrected chi connectivity index (χ2v) is 7.81. The van der Waals surface area contributed by atoms with Crippen molar-refractivity contribution in [3.63, 3.8) is 0 Å². The zero-order valence-electron chi connectivity index (χ0n) is 16.6. The van der Waals surface area contributed by atoms with Crippen molar-refractivity contribution in [3.05, 3.63) is 36.3 Å². The van der Waals surface area contributed by atoms with E-state index in [0.717, 1.165) is 30.9 Å². The molecule has 2 aliphatic heterocycles. The van der Waals surface area contributed by atoms with Crippen LogP contribution in [0.3, 0.4) is 0 Å². The molecule has 0 atom stereocenters. The van der Waals surface area contributed by atoms with Crippen LogP contribution in [-0.2, 0) is 4.79 Å².